The van der Waals surface area contributed by atoms with Crippen LogP contribution in [0.4, 0.5) is 0 Å². The van der Waals surface area contributed by atoms with Crippen LogP contribution in [0.15, 0.2) is 42.3 Å². The van der Waals surface area contributed by atoms with E-state index in [-0.39, 0.29) is 5.78 Å². The molecule has 0 saturated heterocycles. The second-order valence-corrected chi connectivity index (χ2v) is 4.53. The van der Waals surface area contributed by atoms with E-state index < -0.39 is 0 Å². The molecule has 2 aromatic rings. The maximum Gasteiger partial charge on any atom is 0.186 e. The maximum absolute atomic E-state index is 12.1. The van der Waals surface area contributed by atoms with Gasteiger partial charge in [0.05, 0.1) is 0 Å². The standard InChI is InChI=1S/C15H10N2O/c18-13-3-1-2-9-4-5-12-15(14(9)13)10-8-16-7-6-11(10)17-12/h1-3,5-8,17H,4H2. The third-order valence-corrected chi connectivity index (χ3v) is 3.52. The monoisotopic (exact) mass is 234 g/mol. The Morgan fingerprint density at radius 1 is 1.33 bits per heavy atom. The molecule has 4 rings (SSSR count). The van der Waals surface area contributed by atoms with Crippen molar-refractivity contribution in [1.82, 2.24) is 9.97 Å². The summed E-state index contributed by atoms with van der Waals surface area (Å²) in [6, 6.07) is 1.94. The highest BCUT2D eigenvalue weighted by Gasteiger charge is 2.20. The summed E-state index contributed by atoms with van der Waals surface area (Å²) in [6.45, 7) is 0. The maximum atomic E-state index is 12.1. The average Bonchev–Trinajstić information content (AvgIpc) is 2.77. The highest BCUT2D eigenvalue weighted by Crippen LogP contribution is 2.23. The topological polar surface area (TPSA) is 45.8 Å². The van der Waals surface area contributed by atoms with Crippen LogP contribution in [0.1, 0.15) is 6.42 Å². The molecule has 0 bridgehead atoms. The molecule has 0 radical (unpaired) electrons. The van der Waals surface area contributed by atoms with E-state index in [0.29, 0.717) is 0 Å². The number of allylic oxidation sites excluding steroid dienone is 4. The van der Waals surface area contributed by atoms with Gasteiger partial charge in [0.2, 0.25) is 0 Å². The van der Waals surface area contributed by atoms with Gasteiger partial charge in [-0.15, -0.1) is 0 Å². The van der Waals surface area contributed by atoms with Gasteiger partial charge in [-0.2, -0.15) is 0 Å². The van der Waals surface area contributed by atoms with E-state index in [1.807, 2.05) is 24.4 Å². The average molecular weight is 234 g/mol. The first kappa shape index (κ1) is 9.59. The van der Waals surface area contributed by atoms with E-state index in [2.05, 4.69) is 16.0 Å². The molecule has 0 atom stereocenters. The minimum Gasteiger partial charge on any atom is -0.355 e. The van der Waals surface area contributed by atoms with Crippen LogP contribution >= 0.6 is 0 Å². The van der Waals surface area contributed by atoms with Crippen molar-refractivity contribution in [3.05, 3.63) is 52.8 Å². The zero-order valence-electron chi connectivity index (χ0n) is 9.60. The van der Waals surface area contributed by atoms with Gasteiger partial charge in [-0.3, -0.25) is 9.78 Å². The van der Waals surface area contributed by atoms with E-state index in [1.165, 1.54) is 0 Å². The van der Waals surface area contributed by atoms with Gasteiger partial charge in [0.25, 0.3) is 0 Å². The number of carbonyl (C=O) groups excluding carboxylic acids is 1. The molecule has 2 aliphatic carbocycles. The summed E-state index contributed by atoms with van der Waals surface area (Å²) in [6.07, 6.45) is 12.0. The summed E-state index contributed by atoms with van der Waals surface area (Å²) in [7, 11) is 0. The first-order chi connectivity index (χ1) is 8.84. The SMILES string of the molecule is O=C1C=CC=C2CC=c3[nH]c4ccncc4c3=C12. The third kappa shape index (κ3) is 1.13. The highest BCUT2D eigenvalue weighted by atomic mass is 16.1. The largest absolute Gasteiger partial charge is 0.355 e. The highest BCUT2D eigenvalue weighted by molar-refractivity contribution is 6.28. The summed E-state index contributed by atoms with van der Waals surface area (Å²) in [5.41, 5.74) is 2.95. The molecule has 0 aliphatic heterocycles. The smallest absolute Gasteiger partial charge is 0.186 e. The number of nitrogens with one attached hydrogen (secondary N) is 1. The Hall–Kier alpha value is -2.42. The molecule has 0 spiro atoms. The number of hydrogen-bond donors (Lipinski definition) is 1. The number of aromatic nitrogens is 2. The molecule has 3 nitrogen and oxygen atoms in total. The van der Waals surface area contributed by atoms with Crippen molar-refractivity contribution in [2.24, 2.45) is 0 Å². The van der Waals surface area contributed by atoms with E-state index in [1.54, 1.807) is 12.3 Å². The van der Waals surface area contributed by atoms with Gasteiger partial charge in [-0.05, 0) is 24.1 Å². The predicted octanol–water partition coefficient (Wildman–Crippen LogP) is 0.963. The van der Waals surface area contributed by atoms with Crippen molar-refractivity contribution in [2.45, 2.75) is 6.42 Å². The van der Waals surface area contributed by atoms with Crippen molar-refractivity contribution < 1.29 is 4.79 Å². The van der Waals surface area contributed by atoms with Gasteiger partial charge < -0.3 is 4.98 Å². The molecule has 0 unspecified atom stereocenters. The van der Waals surface area contributed by atoms with Crippen molar-refractivity contribution in [3.63, 3.8) is 0 Å². The van der Waals surface area contributed by atoms with E-state index in [4.69, 9.17) is 0 Å². The number of H-pyrrole nitrogens is 1. The van der Waals surface area contributed by atoms with Gasteiger partial charge in [-0.1, -0.05) is 18.2 Å². The lowest BCUT2D eigenvalue weighted by Gasteiger charge is -2.13. The lowest BCUT2D eigenvalue weighted by molar-refractivity contribution is -0.109. The first-order valence-electron chi connectivity index (χ1n) is 5.93. The number of pyridine rings is 1. The molecule has 0 aromatic carbocycles. The van der Waals surface area contributed by atoms with Crippen molar-refractivity contribution in [1.29, 1.82) is 0 Å². The van der Waals surface area contributed by atoms with Crippen LogP contribution < -0.4 is 10.6 Å². The molecule has 0 fully saturated rings. The summed E-state index contributed by atoms with van der Waals surface area (Å²) < 4.78 is 0. The lowest BCUT2D eigenvalue weighted by atomic mass is 9.89. The number of fused-ring (bicyclic) bond motifs is 4. The Morgan fingerprint density at radius 3 is 3.22 bits per heavy atom. The normalized spacial score (nSPS) is 17.2. The number of carbonyl (C=O) groups is 1. The summed E-state index contributed by atoms with van der Waals surface area (Å²) >= 11 is 0. The minimum atomic E-state index is 0.0894. The summed E-state index contributed by atoms with van der Waals surface area (Å²) in [4.78, 5) is 19.6. The molecule has 3 heteroatoms. The van der Waals surface area contributed by atoms with Crippen molar-refractivity contribution >= 4 is 28.3 Å². The Balaban J connectivity index is 2.30. The first-order valence-corrected chi connectivity index (χ1v) is 5.93. The zero-order valence-corrected chi connectivity index (χ0v) is 9.60. The fourth-order valence-electron chi connectivity index (χ4n) is 2.72. The minimum absolute atomic E-state index is 0.0894. The molecular weight excluding hydrogens is 224 g/mol. The molecule has 2 aliphatic rings. The second kappa shape index (κ2) is 3.29. The number of ketones is 1. The molecule has 2 aromatic heterocycles. The third-order valence-electron chi connectivity index (χ3n) is 3.52. The van der Waals surface area contributed by atoms with Crippen LogP contribution in [0.5, 0.6) is 0 Å². The Bertz CT molecular complexity index is 866. The number of rotatable bonds is 0. The molecular formula is C15H10N2O. The van der Waals surface area contributed by atoms with E-state index >= 15 is 0 Å². The summed E-state index contributed by atoms with van der Waals surface area (Å²) in [5, 5.41) is 3.06. The Kier molecular flexibility index (Phi) is 1.75. The Labute approximate surface area is 103 Å². The van der Waals surface area contributed by atoms with Crippen molar-refractivity contribution in [3.8, 4) is 0 Å². The van der Waals surface area contributed by atoms with Crippen LogP contribution in [0.2, 0.25) is 0 Å². The van der Waals surface area contributed by atoms with Crippen LogP contribution in [0, 0.1) is 0 Å². The Morgan fingerprint density at radius 2 is 2.28 bits per heavy atom. The molecule has 0 amide bonds. The number of hydrogen-bond acceptors (Lipinski definition) is 2. The van der Waals surface area contributed by atoms with E-state index in [9.17, 15) is 4.79 Å². The molecule has 0 saturated carbocycles. The van der Waals surface area contributed by atoms with Crippen LogP contribution in [0.25, 0.3) is 22.6 Å². The number of aromatic amines is 1. The van der Waals surface area contributed by atoms with Gasteiger partial charge in [0, 0.05) is 39.4 Å². The van der Waals surface area contributed by atoms with Crippen LogP contribution in [-0.4, -0.2) is 15.8 Å². The van der Waals surface area contributed by atoms with Crippen LogP contribution in [0.3, 0.4) is 0 Å². The molecule has 18 heavy (non-hydrogen) atoms. The quantitative estimate of drug-likeness (QED) is 0.738. The van der Waals surface area contributed by atoms with Gasteiger partial charge in [0.1, 0.15) is 0 Å². The second-order valence-electron chi connectivity index (χ2n) is 4.53. The number of nitrogens with zero attached hydrogens (tertiary/aromatic N) is 1. The fraction of sp³-hybridized carbons (Fsp3) is 0.0667. The lowest BCUT2D eigenvalue weighted by Crippen LogP contribution is -2.32. The van der Waals surface area contributed by atoms with Crippen molar-refractivity contribution in [2.75, 3.05) is 0 Å². The summed E-state index contributed by atoms with van der Waals surface area (Å²) in [5.74, 6) is 0.0894. The fourth-order valence-corrected chi connectivity index (χ4v) is 2.72. The van der Waals surface area contributed by atoms with E-state index in [0.717, 1.165) is 39.0 Å². The van der Waals surface area contributed by atoms with Gasteiger partial charge in [-0.25, -0.2) is 0 Å². The zero-order chi connectivity index (χ0) is 12.1. The molecule has 2 heterocycles. The predicted molar refractivity (Wildman–Crippen MR) is 70.1 cm³/mol. The van der Waals surface area contributed by atoms with Crippen LogP contribution in [-0.2, 0) is 4.79 Å². The molecule has 86 valence electrons. The van der Waals surface area contributed by atoms with Gasteiger partial charge >= 0.3 is 0 Å². The molecule has 1 N–H and O–H groups in total. The van der Waals surface area contributed by atoms with Gasteiger partial charge in [0.15, 0.2) is 5.78 Å².